The molecule has 29 heavy (non-hydrogen) atoms. The fourth-order valence-electron chi connectivity index (χ4n) is 4.12. The van der Waals surface area contributed by atoms with Crippen LogP contribution in [-0.4, -0.2) is 41.3 Å². The van der Waals surface area contributed by atoms with Gasteiger partial charge in [-0.1, -0.05) is 30.6 Å². The number of rotatable bonds is 12. The number of thiophene rings is 1. The van der Waals surface area contributed by atoms with Gasteiger partial charge < -0.3 is 15.3 Å². The van der Waals surface area contributed by atoms with Crippen LogP contribution in [0.5, 0.6) is 0 Å². The van der Waals surface area contributed by atoms with E-state index in [2.05, 4.69) is 25.1 Å². The van der Waals surface area contributed by atoms with Crippen LogP contribution in [0.15, 0.2) is 36.4 Å². The summed E-state index contributed by atoms with van der Waals surface area (Å²) in [5, 5.41) is 29.5. The Bertz CT molecular complexity index is 684. The molecule has 0 amide bonds. The topological polar surface area (TPSA) is 77.8 Å². The van der Waals surface area contributed by atoms with Crippen molar-refractivity contribution in [2.45, 2.75) is 70.4 Å². The molecule has 5 atom stereocenters. The lowest BCUT2D eigenvalue weighted by Gasteiger charge is -2.21. The zero-order valence-electron chi connectivity index (χ0n) is 17.2. The molecule has 158 valence electrons. The number of carboxylic acids is 1. The molecule has 3 N–H and O–H groups in total. The number of carboxylic acid groups (broad SMARTS) is 1. The van der Waals surface area contributed by atoms with Crippen molar-refractivity contribution in [3.05, 3.63) is 46.2 Å². The Labute approximate surface area is 179 Å². The summed E-state index contributed by atoms with van der Waals surface area (Å²) in [4.78, 5) is 13.1. The van der Waals surface area contributed by atoms with Gasteiger partial charge in [0.05, 0.1) is 20.1 Å². The molecule has 1 heterocycles. The highest BCUT2D eigenvalue weighted by Gasteiger charge is 2.39. The number of hydrogen-bond acceptors (Lipinski definition) is 4. The Balaban J connectivity index is 1.86. The van der Waals surface area contributed by atoms with Gasteiger partial charge in [0.15, 0.2) is 0 Å². The van der Waals surface area contributed by atoms with Gasteiger partial charge in [-0.25, -0.2) is 0 Å². The van der Waals surface area contributed by atoms with Gasteiger partial charge in [0, 0.05) is 16.2 Å². The first-order valence-electron chi connectivity index (χ1n) is 10.6. The van der Waals surface area contributed by atoms with E-state index in [9.17, 15) is 15.0 Å². The van der Waals surface area contributed by atoms with E-state index in [1.54, 1.807) is 11.3 Å². The Morgan fingerprint density at radius 1 is 1.38 bits per heavy atom. The third kappa shape index (κ3) is 8.11. The van der Waals surface area contributed by atoms with Gasteiger partial charge in [-0.3, -0.25) is 4.79 Å². The highest BCUT2D eigenvalue weighted by Crippen LogP contribution is 2.42. The van der Waals surface area contributed by atoms with Crippen molar-refractivity contribution in [2.75, 3.05) is 0 Å². The van der Waals surface area contributed by atoms with Crippen molar-refractivity contribution >= 4 is 25.2 Å². The quantitative estimate of drug-likeness (QED) is 0.270. The summed E-state index contributed by atoms with van der Waals surface area (Å²) in [7, 11) is 5.93. The monoisotopic (exact) mass is 416 g/mol. The number of carbonyl (C=O) groups is 1. The smallest absolute Gasteiger partial charge is 0.303 e. The number of aliphatic hydroxyl groups excluding tert-OH is 2. The highest BCUT2D eigenvalue weighted by atomic mass is 32.1. The van der Waals surface area contributed by atoms with E-state index in [-0.39, 0.29) is 24.2 Å². The molecule has 0 aromatic carbocycles. The first-order chi connectivity index (χ1) is 13.9. The van der Waals surface area contributed by atoms with Gasteiger partial charge in [-0.05, 0) is 75.3 Å². The fraction of sp³-hybridized carbons (Fsp3) is 0.609. The molecule has 1 fully saturated rings. The molecule has 0 aliphatic heterocycles. The van der Waals surface area contributed by atoms with Crippen LogP contribution in [0, 0.1) is 24.7 Å². The van der Waals surface area contributed by atoms with Crippen molar-refractivity contribution in [1.29, 1.82) is 0 Å². The number of aliphatic hydroxyl groups is 2. The predicted octanol–water partition coefficient (Wildman–Crippen LogP) is 4.31. The first kappa shape index (κ1) is 23.9. The number of allylic oxidation sites excluding steroid dienone is 3. The minimum atomic E-state index is -0.770. The summed E-state index contributed by atoms with van der Waals surface area (Å²) in [6.45, 7) is 2.09. The third-order valence-electron chi connectivity index (χ3n) is 5.75. The molecule has 2 radical (unpaired) electrons. The second kappa shape index (κ2) is 12.4. The van der Waals surface area contributed by atoms with Gasteiger partial charge in [0.25, 0.3) is 0 Å². The van der Waals surface area contributed by atoms with Crippen LogP contribution in [0.3, 0.4) is 0 Å². The molecule has 6 heteroatoms. The Hall–Kier alpha value is -1.37. The molecular weight excluding hydrogens is 383 g/mol. The molecule has 1 aliphatic rings. The third-order valence-corrected chi connectivity index (χ3v) is 6.81. The molecule has 1 aliphatic carbocycles. The average Bonchev–Trinajstić information content (AvgIpc) is 3.23. The van der Waals surface area contributed by atoms with Crippen LogP contribution in [0.2, 0.25) is 6.32 Å². The van der Waals surface area contributed by atoms with Gasteiger partial charge in [0.1, 0.15) is 0 Å². The molecule has 1 unspecified atom stereocenters. The highest BCUT2D eigenvalue weighted by molar-refractivity contribution is 7.11. The summed E-state index contributed by atoms with van der Waals surface area (Å²) in [5.74, 6) is -0.313. The SMILES string of the molecule is [B]C[C@@H]1CC(O)[C@H](CC=CCCCC(=O)O)[C@H]1C=C[C@@H](O)CCc1ccc(C)s1. The minimum Gasteiger partial charge on any atom is -0.481 e. The van der Waals surface area contributed by atoms with Crippen molar-refractivity contribution in [3.63, 3.8) is 0 Å². The maximum Gasteiger partial charge on any atom is 0.303 e. The zero-order valence-corrected chi connectivity index (χ0v) is 18.1. The maximum absolute atomic E-state index is 10.6. The average molecular weight is 416 g/mol. The Kier molecular flexibility index (Phi) is 10.2. The second-order valence-electron chi connectivity index (χ2n) is 8.04. The van der Waals surface area contributed by atoms with E-state index in [1.165, 1.54) is 9.75 Å². The van der Waals surface area contributed by atoms with Crippen molar-refractivity contribution in [2.24, 2.45) is 17.8 Å². The molecule has 0 bridgehead atoms. The predicted molar refractivity (Wildman–Crippen MR) is 119 cm³/mol. The van der Waals surface area contributed by atoms with Gasteiger partial charge in [0.2, 0.25) is 0 Å². The van der Waals surface area contributed by atoms with Gasteiger partial charge in [-0.2, -0.15) is 0 Å². The Morgan fingerprint density at radius 3 is 2.83 bits per heavy atom. The standard InChI is InChI=1S/C23H33BO4S/c1-16-8-11-19(29-16)12-9-18(25)10-13-20-17(15-24)14-22(26)21(20)6-4-2-3-5-7-23(27)28/h2,4,8,10-11,13,17-18,20-22,25-26H,3,5-7,9,12,14-15H2,1H3,(H,27,28)/t17-,18-,20-,21+,22?/m0/s1. The largest absolute Gasteiger partial charge is 0.481 e. The van der Waals surface area contributed by atoms with Crippen LogP contribution in [-0.2, 0) is 11.2 Å². The van der Waals surface area contributed by atoms with E-state index in [0.717, 1.165) is 19.3 Å². The van der Waals surface area contributed by atoms with Crippen molar-refractivity contribution < 1.29 is 20.1 Å². The molecule has 4 nitrogen and oxygen atoms in total. The van der Waals surface area contributed by atoms with Crippen LogP contribution < -0.4 is 0 Å². The number of aryl methyl sites for hydroxylation is 2. The zero-order chi connectivity index (χ0) is 21.2. The van der Waals surface area contributed by atoms with E-state index in [0.29, 0.717) is 25.6 Å². The molecule has 1 saturated carbocycles. The summed E-state index contributed by atoms with van der Waals surface area (Å²) in [6.07, 6.45) is 12.1. The lowest BCUT2D eigenvalue weighted by Crippen LogP contribution is -2.19. The lowest BCUT2D eigenvalue weighted by atomic mass is 9.80. The minimum absolute atomic E-state index is 0.0858. The van der Waals surface area contributed by atoms with Crippen LogP contribution >= 0.6 is 11.3 Å². The molecule has 0 spiro atoms. The lowest BCUT2D eigenvalue weighted by molar-refractivity contribution is -0.137. The summed E-state index contributed by atoms with van der Waals surface area (Å²) in [6, 6.07) is 4.22. The van der Waals surface area contributed by atoms with E-state index < -0.39 is 18.2 Å². The number of hydrogen-bond donors (Lipinski definition) is 3. The molecule has 0 saturated heterocycles. The van der Waals surface area contributed by atoms with Gasteiger partial charge in [-0.15, -0.1) is 11.3 Å². The van der Waals surface area contributed by atoms with Crippen LogP contribution in [0.1, 0.15) is 48.3 Å². The number of unbranched alkanes of at least 4 members (excludes halogenated alkanes) is 1. The summed E-state index contributed by atoms with van der Waals surface area (Å²) in [5.41, 5.74) is 0. The molecule has 1 aromatic heterocycles. The van der Waals surface area contributed by atoms with Crippen molar-refractivity contribution in [1.82, 2.24) is 0 Å². The molecule has 2 rings (SSSR count). The maximum atomic E-state index is 10.6. The van der Waals surface area contributed by atoms with Crippen LogP contribution in [0.25, 0.3) is 0 Å². The Morgan fingerprint density at radius 2 is 2.17 bits per heavy atom. The van der Waals surface area contributed by atoms with Crippen LogP contribution in [0.4, 0.5) is 0 Å². The molecule has 1 aromatic rings. The normalized spacial score (nSPS) is 25.9. The fourth-order valence-corrected chi connectivity index (χ4v) is 5.03. The molecular formula is C23H33BO4S. The van der Waals surface area contributed by atoms with Gasteiger partial charge >= 0.3 is 5.97 Å². The first-order valence-corrected chi connectivity index (χ1v) is 11.4. The second-order valence-corrected chi connectivity index (χ2v) is 9.41. The van der Waals surface area contributed by atoms with E-state index >= 15 is 0 Å². The summed E-state index contributed by atoms with van der Waals surface area (Å²) >= 11 is 1.77. The van der Waals surface area contributed by atoms with Crippen molar-refractivity contribution in [3.8, 4) is 0 Å². The number of aliphatic carboxylic acids is 1. The summed E-state index contributed by atoms with van der Waals surface area (Å²) < 4.78 is 0. The van der Waals surface area contributed by atoms with E-state index in [4.69, 9.17) is 13.0 Å². The van der Waals surface area contributed by atoms with E-state index in [1.807, 2.05) is 18.2 Å².